The van der Waals surface area contributed by atoms with Crippen LogP contribution in [0.15, 0.2) is 24.3 Å². The van der Waals surface area contributed by atoms with E-state index in [1.165, 1.54) is 35.7 Å². The number of fused-ring (bicyclic) bond motifs is 2. The van der Waals surface area contributed by atoms with Gasteiger partial charge < -0.3 is 0 Å². The molecule has 0 N–H and O–H groups in total. The number of benzene rings is 1. The van der Waals surface area contributed by atoms with Gasteiger partial charge in [-0.15, -0.1) is 0 Å². The maximum atomic E-state index is 2.66. The maximum absolute atomic E-state index is 2.66. The van der Waals surface area contributed by atoms with Gasteiger partial charge in [0.2, 0.25) is 0 Å². The highest BCUT2D eigenvalue weighted by Crippen LogP contribution is 2.50. The zero-order chi connectivity index (χ0) is 11.2. The molecule has 2 fully saturated rings. The van der Waals surface area contributed by atoms with Crippen molar-refractivity contribution in [1.29, 1.82) is 0 Å². The molecule has 2 heteroatoms. The van der Waals surface area contributed by atoms with Crippen LogP contribution < -0.4 is 0 Å². The number of nitrogens with zero attached hydrogens (tertiary/aromatic N) is 1. The van der Waals surface area contributed by atoms with Crippen LogP contribution in [0.25, 0.3) is 0 Å². The van der Waals surface area contributed by atoms with E-state index in [1.54, 1.807) is 5.56 Å². The Balaban J connectivity index is 2.08. The second-order valence-corrected chi connectivity index (χ2v) is 6.37. The predicted octanol–water partition coefficient (Wildman–Crippen LogP) is 3.76. The van der Waals surface area contributed by atoms with Crippen molar-refractivity contribution in [3.05, 3.63) is 33.4 Å². The molecule has 0 unspecified atom stereocenters. The quantitative estimate of drug-likeness (QED) is 0.710. The third-order valence-electron chi connectivity index (χ3n) is 4.62. The van der Waals surface area contributed by atoms with Crippen LogP contribution in [0.3, 0.4) is 0 Å². The van der Waals surface area contributed by atoms with E-state index in [4.69, 9.17) is 0 Å². The molecule has 0 amide bonds. The lowest BCUT2D eigenvalue weighted by molar-refractivity contribution is 0.0798. The molecule has 2 saturated heterocycles. The summed E-state index contributed by atoms with van der Waals surface area (Å²) in [6, 6.07) is 9.77. The molecule has 2 heterocycles. The standard InChI is InChI=1S/C14H18IN/c1-16-11-5-4-9-14(16,10-8-11)12-6-2-3-7-13(12)15/h2-3,6-7,11H,4-5,8-10H2,1H3/t11-,14+/m1/s1. The average molecular weight is 327 g/mol. The van der Waals surface area contributed by atoms with E-state index in [2.05, 4.69) is 58.8 Å². The van der Waals surface area contributed by atoms with Gasteiger partial charge in [-0.2, -0.15) is 0 Å². The van der Waals surface area contributed by atoms with Crippen LogP contribution in [-0.2, 0) is 5.54 Å². The van der Waals surface area contributed by atoms with E-state index in [0.717, 1.165) is 6.04 Å². The first kappa shape index (κ1) is 11.0. The normalized spacial score (nSPS) is 34.2. The highest BCUT2D eigenvalue weighted by molar-refractivity contribution is 14.1. The number of piperidine rings is 1. The van der Waals surface area contributed by atoms with Gasteiger partial charge in [-0.1, -0.05) is 18.2 Å². The van der Waals surface area contributed by atoms with Crippen molar-refractivity contribution in [2.45, 2.75) is 43.7 Å². The first-order valence-electron chi connectivity index (χ1n) is 6.22. The highest BCUT2D eigenvalue weighted by Gasteiger charge is 2.48. The third kappa shape index (κ3) is 1.46. The molecule has 1 aromatic rings. The molecule has 2 aliphatic heterocycles. The van der Waals surface area contributed by atoms with Crippen molar-refractivity contribution in [3.63, 3.8) is 0 Å². The van der Waals surface area contributed by atoms with Crippen LogP contribution in [0, 0.1) is 3.57 Å². The lowest BCUT2D eigenvalue weighted by Crippen LogP contribution is -2.45. The first-order valence-corrected chi connectivity index (χ1v) is 7.30. The van der Waals surface area contributed by atoms with Gasteiger partial charge >= 0.3 is 0 Å². The molecular formula is C14H18IN. The van der Waals surface area contributed by atoms with Gasteiger partial charge in [-0.3, -0.25) is 4.90 Å². The Hall–Kier alpha value is -0.0900. The summed E-state index contributed by atoms with van der Waals surface area (Å²) in [7, 11) is 2.33. The fraction of sp³-hybridized carbons (Fsp3) is 0.571. The van der Waals surface area contributed by atoms with Crippen LogP contribution in [0.5, 0.6) is 0 Å². The highest BCUT2D eigenvalue weighted by atomic mass is 127. The zero-order valence-corrected chi connectivity index (χ0v) is 11.9. The van der Waals surface area contributed by atoms with Gasteiger partial charge in [0.05, 0.1) is 0 Å². The van der Waals surface area contributed by atoms with Gasteiger partial charge in [0.15, 0.2) is 0 Å². The van der Waals surface area contributed by atoms with E-state index in [9.17, 15) is 0 Å². The molecule has 0 aromatic heterocycles. The molecule has 16 heavy (non-hydrogen) atoms. The molecular weight excluding hydrogens is 309 g/mol. The topological polar surface area (TPSA) is 3.24 Å². The minimum atomic E-state index is 0.362. The van der Waals surface area contributed by atoms with Crippen LogP contribution in [-0.4, -0.2) is 18.0 Å². The molecule has 0 aliphatic carbocycles. The van der Waals surface area contributed by atoms with E-state index >= 15 is 0 Å². The summed E-state index contributed by atoms with van der Waals surface area (Å²) in [5.41, 5.74) is 1.93. The van der Waals surface area contributed by atoms with Crippen LogP contribution >= 0.6 is 22.6 Å². The Labute approximate surface area is 111 Å². The van der Waals surface area contributed by atoms with E-state index in [0.29, 0.717) is 5.54 Å². The monoisotopic (exact) mass is 327 g/mol. The number of hydrogen-bond donors (Lipinski definition) is 0. The van der Waals surface area contributed by atoms with Crippen molar-refractivity contribution < 1.29 is 0 Å². The molecule has 86 valence electrons. The lowest BCUT2D eigenvalue weighted by atomic mass is 9.82. The maximum Gasteiger partial charge on any atom is 0.0471 e. The summed E-state index contributed by atoms with van der Waals surface area (Å²) in [5, 5.41) is 0. The van der Waals surface area contributed by atoms with E-state index in [-0.39, 0.29) is 0 Å². The molecule has 2 aliphatic rings. The van der Waals surface area contributed by atoms with Gasteiger partial charge in [0, 0.05) is 15.2 Å². The van der Waals surface area contributed by atoms with Crippen LogP contribution in [0.1, 0.15) is 37.7 Å². The summed E-state index contributed by atoms with van der Waals surface area (Å²) in [4.78, 5) is 2.66. The smallest absolute Gasteiger partial charge is 0.0471 e. The number of hydrogen-bond acceptors (Lipinski definition) is 1. The fourth-order valence-corrected chi connectivity index (χ4v) is 4.58. The molecule has 0 radical (unpaired) electrons. The molecule has 1 aromatic carbocycles. The van der Waals surface area contributed by atoms with Gasteiger partial charge in [-0.05, 0) is 73.4 Å². The summed E-state index contributed by atoms with van der Waals surface area (Å²) in [5.74, 6) is 0. The third-order valence-corrected chi connectivity index (χ3v) is 5.56. The van der Waals surface area contributed by atoms with Crippen molar-refractivity contribution in [2.75, 3.05) is 7.05 Å². The minimum Gasteiger partial charge on any atom is -0.294 e. The van der Waals surface area contributed by atoms with Crippen molar-refractivity contribution in [1.82, 2.24) is 4.90 Å². The van der Waals surface area contributed by atoms with Gasteiger partial charge in [-0.25, -0.2) is 0 Å². The Kier molecular flexibility index (Phi) is 2.75. The zero-order valence-electron chi connectivity index (χ0n) is 9.75. The van der Waals surface area contributed by atoms with Crippen LogP contribution in [0.2, 0.25) is 0 Å². The van der Waals surface area contributed by atoms with Crippen molar-refractivity contribution in [3.8, 4) is 0 Å². The Morgan fingerprint density at radius 1 is 1.25 bits per heavy atom. The molecule has 2 atom stereocenters. The number of rotatable bonds is 1. The molecule has 0 spiro atoms. The predicted molar refractivity (Wildman–Crippen MR) is 75.5 cm³/mol. The second kappa shape index (κ2) is 3.98. The van der Waals surface area contributed by atoms with Crippen molar-refractivity contribution >= 4 is 22.6 Å². The SMILES string of the molecule is CN1[C@@H]2CCC[C@@]1(c1ccccc1I)CC2. The summed E-state index contributed by atoms with van der Waals surface area (Å²) >= 11 is 2.50. The average Bonchev–Trinajstić information content (AvgIpc) is 2.52. The molecule has 1 nitrogen and oxygen atoms in total. The second-order valence-electron chi connectivity index (χ2n) is 5.21. The molecule has 3 rings (SSSR count). The first-order chi connectivity index (χ1) is 7.74. The Bertz CT molecular complexity index is 399. The lowest BCUT2D eigenvalue weighted by Gasteiger charge is -2.43. The summed E-state index contributed by atoms with van der Waals surface area (Å²) < 4.78 is 1.44. The molecule has 0 saturated carbocycles. The van der Waals surface area contributed by atoms with E-state index < -0.39 is 0 Å². The largest absolute Gasteiger partial charge is 0.294 e. The Morgan fingerprint density at radius 3 is 2.88 bits per heavy atom. The molecule has 2 bridgehead atoms. The fourth-order valence-electron chi connectivity index (χ4n) is 3.69. The Morgan fingerprint density at radius 2 is 2.06 bits per heavy atom. The number of halogens is 1. The van der Waals surface area contributed by atoms with Gasteiger partial charge in [0.25, 0.3) is 0 Å². The summed E-state index contributed by atoms with van der Waals surface area (Å²) in [6.45, 7) is 0. The van der Waals surface area contributed by atoms with E-state index in [1.807, 2.05) is 0 Å². The minimum absolute atomic E-state index is 0.362. The van der Waals surface area contributed by atoms with Crippen LogP contribution in [0.4, 0.5) is 0 Å². The van der Waals surface area contributed by atoms with Crippen molar-refractivity contribution in [2.24, 2.45) is 0 Å². The summed E-state index contributed by atoms with van der Waals surface area (Å²) in [6.07, 6.45) is 6.90. The van der Waals surface area contributed by atoms with Gasteiger partial charge in [0.1, 0.15) is 0 Å².